The minimum atomic E-state index is -0.425. The highest BCUT2D eigenvalue weighted by molar-refractivity contribution is 5.68. The van der Waals surface area contributed by atoms with E-state index in [1.54, 1.807) is 11.1 Å². The summed E-state index contributed by atoms with van der Waals surface area (Å²) in [5.74, 6) is 5.99. The molecule has 3 saturated carbocycles. The zero-order chi connectivity index (χ0) is 32.3. The number of rotatable bonds is 6. The fourth-order valence-corrected chi connectivity index (χ4v) is 10.2. The lowest BCUT2D eigenvalue weighted by Crippen LogP contribution is -2.35. The van der Waals surface area contributed by atoms with Crippen LogP contribution in [0.3, 0.4) is 0 Å². The second-order valence-electron chi connectivity index (χ2n) is 17.5. The SMILES string of the molecule is CC1CCC(C(O)C=CC2CCC3CC(=CCC4CCN(C(=O)OC(C)(C)C)C4)CCC3C2)CC1C1C=CC2C=C1CCCCC2. The van der Waals surface area contributed by atoms with Crippen molar-refractivity contribution < 1.29 is 14.6 Å². The molecule has 256 valence electrons. The van der Waals surface area contributed by atoms with Crippen LogP contribution in [0, 0.1) is 53.3 Å². The predicted molar refractivity (Wildman–Crippen MR) is 189 cm³/mol. The molecule has 0 aromatic carbocycles. The van der Waals surface area contributed by atoms with Gasteiger partial charge in [-0.05, 0) is 152 Å². The number of carbonyl (C=O) groups excluding carboxylic acids is 1. The molecule has 1 amide bonds. The highest BCUT2D eigenvalue weighted by atomic mass is 16.6. The first-order chi connectivity index (χ1) is 22.1. The molecule has 4 fully saturated rings. The van der Waals surface area contributed by atoms with E-state index in [4.69, 9.17) is 4.74 Å². The Labute approximate surface area is 281 Å². The van der Waals surface area contributed by atoms with Crippen LogP contribution in [-0.4, -0.2) is 40.9 Å². The quantitative estimate of drug-likeness (QED) is 0.297. The van der Waals surface area contributed by atoms with Crippen LogP contribution in [0.15, 0.2) is 47.6 Å². The van der Waals surface area contributed by atoms with Gasteiger partial charge >= 0.3 is 6.09 Å². The number of aliphatic hydroxyl groups is 1. The van der Waals surface area contributed by atoms with Crippen LogP contribution in [0.2, 0.25) is 0 Å². The number of amides is 1. The maximum absolute atomic E-state index is 12.5. The molecule has 6 rings (SSSR count). The largest absolute Gasteiger partial charge is 0.444 e. The number of hydrogen-bond acceptors (Lipinski definition) is 3. The summed E-state index contributed by atoms with van der Waals surface area (Å²) < 4.78 is 5.59. The molecule has 10 unspecified atom stereocenters. The topological polar surface area (TPSA) is 49.8 Å². The van der Waals surface area contributed by atoms with Gasteiger partial charge in [-0.25, -0.2) is 4.79 Å². The van der Waals surface area contributed by atoms with Crippen LogP contribution in [0.25, 0.3) is 0 Å². The van der Waals surface area contributed by atoms with Crippen LogP contribution < -0.4 is 0 Å². The standard InChI is InChI=1S/C42H65NO3/c1-29-10-17-37(27-39(29)38-20-15-30-8-6-5-7-9-36(38)26-30)40(44)21-16-32-14-19-34-24-31(13-18-35(34)25-32)11-12-33-22-23-43(28-33)41(45)46-42(2,3)4/h11,15-16,20-21,26,29-30,32-35,37-40,44H,5-10,12-14,17-19,22-25,27-28H2,1-4H3. The number of hydrogen-bond donors (Lipinski definition) is 1. The molecular weight excluding hydrogens is 566 g/mol. The van der Waals surface area contributed by atoms with Gasteiger partial charge in [0.2, 0.25) is 0 Å². The highest BCUT2D eigenvalue weighted by Crippen LogP contribution is 2.47. The predicted octanol–water partition coefficient (Wildman–Crippen LogP) is 10.4. The van der Waals surface area contributed by atoms with Gasteiger partial charge in [0, 0.05) is 19.0 Å². The molecular formula is C42H65NO3. The number of carbonyl (C=O) groups is 1. The second-order valence-corrected chi connectivity index (χ2v) is 17.5. The summed E-state index contributed by atoms with van der Waals surface area (Å²) in [5.41, 5.74) is 2.96. The van der Waals surface area contributed by atoms with Crippen LogP contribution in [0.5, 0.6) is 0 Å². The van der Waals surface area contributed by atoms with Crippen molar-refractivity contribution in [3.05, 3.63) is 47.6 Å². The monoisotopic (exact) mass is 631 g/mol. The summed E-state index contributed by atoms with van der Waals surface area (Å²) >= 11 is 0. The fourth-order valence-electron chi connectivity index (χ4n) is 10.2. The van der Waals surface area contributed by atoms with Gasteiger partial charge in [0.1, 0.15) is 5.60 Å². The van der Waals surface area contributed by atoms with E-state index in [0.717, 1.165) is 43.7 Å². The van der Waals surface area contributed by atoms with E-state index in [0.29, 0.717) is 35.5 Å². The fraction of sp³-hybridized carbons (Fsp3) is 0.786. The molecule has 10 atom stereocenters. The molecule has 1 aliphatic heterocycles. The van der Waals surface area contributed by atoms with Crippen LogP contribution in [-0.2, 0) is 4.74 Å². The van der Waals surface area contributed by atoms with Crippen molar-refractivity contribution in [3.63, 3.8) is 0 Å². The van der Waals surface area contributed by atoms with E-state index in [1.165, 1.54) is 89.9 Å². The Morgan fingerprint density at radius 2 is 1.87 bits per heavy atom. The van der Waals surface area contributed by atoms with Crippen molar-refractivity contribution in [2.45, 2.75) is 142 Å². The van der Waals surface area contributed by atoms with Gasteiger partial charge in [-0.1, -0.05) is 73.8 Å². The zero-order valence-corrected chi connectivity index (χ0v) is 29.7. The molecule has 6 aliphatic rings. The Hall–Kier alpha value is -1.81. The lowest BCUT2D eigenvalue weighted by Gasteiger charge is -2.42. The van der Waals surface area contributed by atoms with Gasteiger partial charge in [-0.2, -0.15) is 0 Å². The number of likely N-dealkylation sites (tertiary alicyclic amines) is 1. The maximum Gasteiger partial charge on any atom is 0.410 e. The maximum atomic E-state index is 12.5. The van der Waals surface area contributed by atoms with Gasteiger partial charge in [-0.15, -0.1) is 0 Å². The minimum absolute atomic E-state index is 0.152. The molecule has 5 aliphatic carbocycles. The first-order valence-electron chi connectivity index (χ1n) is 19.5. The second kappa shape index (κ2) is 15.2. The van der Waals surface area contributed by atoms with Crippen LogP contribution >= 0.6 is 0 Å². The third-order valence-electron chi connectivity index (χ3n) is 13.0. The molecule has 0 aromatic rings. The molecule has 0 aromatic heterocycles. The third-order valence-corrected chi connectivity index (χ3v) is 13.0. The van der Waals surface area contributed by atoms with Crippen LogP contribution in [0.4, 0.5) is 4.79 Å². The first-order valence-corrected chi connectivity index (χ1v) is 19.5. The molecule has 1 N–H and O–H groups in total. The van der Waals surface area contributed by atoms with Crippen molar-refractivity contribution in [2.24, 2.45) is 53.3 Å². The summed E-state index contributed by atoms with van der Waals surface area (Å²) in [7, 11) is 0. The molecule has 1 saturated heterocycles. The van der Waals surface area contributed by atoms with Crippen molar-refractivity contribution in [1.29, 1.82) is 0 Å². The summed E-state index contributed by atoms with van der Waals surface area (Å²) in [6.45, 7) is 9.96. The smallest absolute Gasteiger partial charge is 0.410 e. The summed E-state index contributed by atoms with van der Waals surface area (Å²) in [6.07, 6.45) is 34.8. The Morgan fingerprint density at radius 3 is 2.72 bits per heavy atom. The molecule has 0 spiro atoms. The average Bonchev–Trinajstić information content (AvgIpc) is 3.50. The van der Waals surface area contributed by atoms with Crippen molar-refractivity contribution in [1.82, 2.24) is 4.90 Å². The number of fused-ring (bicyclic) bond motifs is 2. The van der Waals surface area contributed by atoms with Crippen LogP contribution in [0.1, 0.15) is 130 Å². The Balaban J connectivity index is 0.950. The lowest BCUT2D eigenvalue weighted by atomic mass is 9.64. The highest BCUT2D eigenvalue weighted by Gasteiger charge is 2.38. The Kier molecular flexibility index (Phi) is 11.2. The summed E-state index contributed by atoms with van der Waals surface area (Å²) in [5, 5.41) is 11.4. The van der Waals surface area contributed by atoms with E-state index < -0.39 is 5.60 Å². The van der Waals surface area contributed by atoms with Gasteiger partial charge < -0.3 is 14.7 Å². The molecule has 46 heavy (non-hydrogen) atoms. The number of aliphatic hydroxyl groups excluding tert-OH is 1. The number of nitrogens with zero attached hydrogens (tertiary/aromatic N) is 1. The van der Waals surface area contributed by atoms with E-state index in [9.17, 15) is 9.90 Å². The Morgan fingerprint density at radius 1 is 1.00 bits per heavy atom. The molecule has 4 heteroatoms. The Bertz CT molecular complexity index is 1160. The molecule has 1 heterocycles. The number of ether oxygens (including phenoxy) is 1. The summed E-state index contributed by atoms with van der Waals surface area (Å²) in [4.78, 5) is 14.4. The molecule has 4 nitrogen and oxygen atoms in total. The minimum Gasteiger partial charge on any atom is -0.444 e. The zero-order valence-electron chi connectivity index (χ0n) is 29.7. The van der Waals surface area contributed by atoms with E-state index in [-0.39, 0.29) is 12.2 Å². The van der Waals surface area contributed by atoms with E-state index in [2.05, 4.69) is 43.4 Å². The van der Waals surface area contributed by atoms with Gasteiger partial charge in [0.05, 0.1) is 6.10 Å². The summed E-state index contributed by atoms with van der Waals surface area (Å²) in [6, 6.07) is 0. The van der Waals surface area contributed by atoms with Crippen molar-refractivity contribution in [3.8, 4) is 0 Å². The normalized spacial score (nSPS) is 38.6. The van der Waals surface area contributed by atoms with E-state index in [1.807, 2.05) is 25.7 Å². The van der Waals surface area contributed by atoms with E-state index >= 15 is 0 Å². The van der Waals surface area contributed by atoms with Gasteiger partial charge in [-0.3, -0.25) is 0 Å². The average molecular weight is 632 g/mol. The lowest BCUT2D eigenvalue weighted by molar-refractivity contribution is 0.0288. The van der Waals surface area contributed by atoms with Gasteiger partial charge in [0.25, 0.3) is 0 Å². The van der Waals surface area contributed by atoms with Crippen molar-refractivity contribution >= 4 is 6.09 Å². The number of allylic oxidation sites excluding steroid dienone is 7. The third kappa shape index (κ3) is 8.80. The van der Waals surface area contributed by atoms with Gasteiger partial charge in [0.15, 0.2) is 0 Å². The molecule has 2 bridgehead atoms. The van der Waals surface area contributed by atoms with Crippen molar-refractivity contribution in [2.75, 3.05) is 13.1 Å². The molecule has 0 radical (unpaired) electrons. The first kappa shape index (κ1) is 34.1.